The first-order valence-electron chi connectivity index (χ1n) is 12.3. The molecule has 0 bridgehead atoms. The van der Waals surface area contributed by atoms with E-state index in [4.69, 9.17) is 10.7 Å². The maximum Gasteiger partial charge on any atom is 0.266 e. The smallest absolute Gasteiger partial charge is 0.266 e. The van der Waals surface area contributed by atoms with Gasteiger partial charge in [-0.1, -0.05) is 49.1 Å². The summed E-state index contributed by atoms with van der Waals surface area (Å²) in [5.74, 6) is 0.183. The molecule has 0 saturated carbocycles. The number of amides is 1. The van der Waals surface area contributed by atoms with E-state index in [0.717, 1.165) is 10.4 Å². The number of para-hydroxylation sites is 1. The molecule has 0 saturated heterocycles. The van der Waals surface area contributed by atoms with Gasteiger partial charge in [0.05, 0.1) is 28.1 Å². The van der Waals surface area contributed by atoms with Gasteiger partial charge in [0.2, 0.25) is 0 Å². The summed E-state index contributed by atoms with van der Waals surface area (Å²) in [4.78, 5) is 41.7. The van der Waals surface area contributed by atoms with Gasteiger partial charge in [-0.3, -0.25) is 19.1 Å². The Kier molecular flexibility index (Phi) is 7.47. The third-order valence-corrected chi connectivity index (χ3v) is 6.90. The zero-order chi connectivity index (χ0) is 28.2. The minimum Gasteiger partial charge on any atom is -0.381 e. The Morgan fingerprint density at radius 3 is 2.70 bits per heavy atom. The average molecular weight is 551 g/mol. The fourth-order valence-corrected chi connectivity index (χ4v) is 4.88. The van der Waals surface area contributed by atoms with E-state index >= 15 is 0 Å². The van der Waals surface area contributed by atoms with Crippen LogP contribution in [0.3, 0.4) is 0 Å². The highest BCUT2D eigenvalue weighted by atomic mass is 32.1. The van der Waals surface area contributed by atoms with Gasteiger partial charge in [0.25, 0.3) is 11.5 Å². The van der Waals surface area contributed by atoms with Crippen molar-refractivity contribution in [1.29, 1.82) is 0 Å². The van der Waals surface area contributed by atoms with Crippen molar-refractivity contribution >= 4 is 58.1 Å². The van der Waals surface area contributed by atoms with E-state index in [1.165, 1.54) is 32.9 Å². The largest absolute Gasteiger partial charge is 0.381 e. The molecule has 40 heavy (non-hydrogen) atoms. The number of nitrogens with zero attached hydrogens (tertiary/aromatic N) is 6. The maximum atomic E-state index is 14.1. The zero-order valence-electron chi connectivity index (χ0n) is 21.9. The molecule has 5 rings (SSSR count). The quantitative estimate of drug-likeness (QED) is 0.269. The number of nitrogens with two attached hydrogens (primary N) is 1. The van der Waals surface area contributed by atoms with Gasteiger partial charge in [-0.2, -0.15) is 5.10 Å². The van der Waals surface area contributed by atoms with Crippen molar-refractivity contribution in [2.24, 2.45) is 12.0 Å². The van der Waals surface area contributed by atoms with Gasteiger partial charge in [0.1, 0.15) is 11.4 Å². The molecule has 200 valence electrons. The number of fused-ring (bicyclic) bond motifs is 1. The predicted molar refractivity (Wildman–Crippen MR) is 160 cm³/mol. The summed E-state index contributed by atoms with van der Waals surface area (Å²) < 4.78 is 2.95. The number of aryl methyl sites for hydroxylation is 1. The molecule has 3 heterocycles. The summed E-state index contributed by atoms with van der Waals surface area (Å²) in [6.07, 6.45) is 8.51. The number of hydrogen-bond donors (Lipinski definition) is 2. The van der Waals surface area contributed by atoms with E-state index in [1.807, 2.05) is 54.6 Å². The van der Waals surface area contributed by atoms with Crippen LogP contribution in [-0.2, 0) is 7.05 Å². The van der Waals surface area contributed by atoms with Crippen LogP contribution in [0.1, 0.15) is 39.6 Å². The Morgan fingerprint density at radius 2 is 1.98 bits per heavy atom. The first-order valence-corrected chi connectivity index (χ1v) is 13.2. The monoisotopic (exact) mass is 550 g/mol. The van der Waals surface area contributed by atoms with Crippen molar-refractivity contribution in [1.82, 2.24) is 29.6 Å². The van der Waals surface area contributed by atoms with E-state index < -0.39 is 11.9 Å². The van der Waals surface area contributed by atoms with Crippen molar-refractivity contribution in [3.63, 3.8) is 0 Å². The summed E-state index contributed by atoms with van der Waals surface area (Å²) in [6.45, 7) is 5.38. The molecule has 0 aliphatic carbocycles. The maximum absolute atomic E-state index is 14.1. The van der Waals surface area contributed by atoms with Crippen LogP contribution >= 0.6 is 11.3 Å². The van der Waals surface area contributed by atoms with Crippen molar-refractivity contribution in [2.45, 2.75) is 13.0 Å². The average Bonchev–Trinajstić information content (AvgIpc) is 3.57. The molecular formula is C29H26N8O2S. The van der Waals surface area contributed by atoms with Gasteiger partial charge >= 0.3 is 0 Å². The number of rotatable bonds is 8. The lowest BCUT2D eigenvalue weighted by atomic mass is 10.1. The van der Waals surface area contributed by atoms with Crippen LogP contribution in [0, 0.1) is 0 Å². The zero-order valence-corrected chi connectivity index (χ0v) is 22.7. The molecule has 1 unspecified atom stereocenters. The molecule has 0 aliphatic rings. The van der Waals surface area contributed by atoms with Crippen LogP contribution < -0.4 is 16.6 Å². The number of carbonyl (C=O) groups excluding carboxylic acids is 1. The summed E-state index contributed by atoms with van der Waals surface area (Å²) in [5, 5.41) is 7.53. The topological polar surface area (TPSA) is 133 Å². The van der Waals surface area contributed by atoms with Crippen molar-refractivity contribution in [3.8, 4) is 5.69 Å². The van der Waals surface area contributed by atoms with Crippen LogP contribution in [0.15, 0.2) is 82.7 Å². The number of benzene rings is 2. The predicted octanol–water partition coefficient (Wildman–Crippen LogP) is 4.71. The molecule has 3 N–H and O–H groups in total. The van der Waals surface area contributed by atoms with Crippen LogP contribution in [0.25, 0.3) is 28.7 Å². The standard InChI is InChI=1S/C29H26N8O2S/c1-4-15-32-27-24(25(30)35-36(27)3)28(38)33-18(2)26-34-22-12-8-9-19(13-14-21-16-31-17-40-21)23(22)29(39)37(26)20-10-6-5-7-11-20/h4-18H,1H2,2-3H3,(H2,30,35)(H,33,38)/b14-13+,32-15-. The van der Waals surface area contributed by atoms with Crippen LogP contribution in [-0.4, -0.2) is 36.4 Å². The van der Waals surface area contributed by atoms with E-state index in [2.05, 4.69) is 27.0 Å². The highest BCUT2D eigenvalue weighted by Gasteiger charge is 2.25. The van der Waals surface area contributed by atoms with E-state index in [1.54, 1.807) is 31.7 Å². The lowest BCUT2D eigenvalue weighted by molar-refractivity contribution is 0.0939. The normalized spacial score (nSPS) is 12.3. The Morgan fingerprint density at radius 1 is 1.18 bits per heavy atom. The molecule has 10 nitrogen and oxygen atoms in total. The second-order valence-electron chi connectivity index (χ2n) is 8.84. The van der Waals surface area contributed by atoms with Crippen molar-refractivity contribution < 1.29 is 4.79 Å². The lowest BCUT2D eigenvalue weighted by Gasteiger charge is -2.20. The number of anilines is 1. The Hall–Kier alpha value is -5.16. The van der Waals surface area contributed by atoms with Crippen molar-refractivity contribution in [3.05, 3.63) is 105 Å². The number of hydrogen-bond acceptors (Lipinski definition) is 8. The number of aliphatic imine (C=N–C) groups is 1. The molecule has 0 fully saturated rings. The van der Waals surface area contributed by atoms with Crippen LogP contribution in [0.4, 0.5) is 11.6 Å². The number of carbonyl (C=O) groups is 1. The fourth-order valence-electron chi connectivity index (χ4n) is 4.37. The molecule has 3 aromatic heterocycles. The number of allylic oxidation sites excluding steroid dienone is 1. The first-order chi connectivity index (χ1) is 19.4. The molecule has 2 aromatic carbocycles. The van der Waals surface area contributed by atoms with E-state index in [0.29, 0.717) is 22.4 Å². The first kappa shape index (κ1) is 26.4. The summed E-state index contributed by atoms with van der Waals surface area (Å²) >= 11 is 1.50. The summed E-state index contributed by atoms with van der Waals surface area (Å²) in [7, 11) is 1.64. The van der Waals surface area contributed by atoms with Gasteiger partial charge < -0.3 is 11.1 Å². The molecule has 1 atom stereocenters. The third kappa shape index (κ3) is 5.09. The second kappa shape index (κ2) is 11.3. The lowest BCUT2D eigenvalue weighted by Crippen LogP contribution is -2.33. The molecule has 1 amide bonds. The Balaban J connectivity index is 1.62. The van der Waals surface area contributed by atoms with Gasteiger partial charge in [-0.15, -0.1) is 11.3 Å². The second-order valence-corrected chi connectivity index (χ2v) is 9.76. The molecular weight excluding hydrogens is 524 g/mol. The van der Waals surface area contributed by atoms with Gasteiger partial charge in [0.15, 0.2) is 11.6 Å². The number of nitrogen functional groups attached to an aromatic ring is 1. The van der Waals surface area contributed by atoms with Gasteiger partial charge in [0, 0.05) is 24.3 Å². The SMILES string of the molecule is C=C/C=N\c1c(C(=O)NC(C)c2nc3cccc(/C=C/c4cncs4)c3c(=O)n2-c2ccccc2)c(N)nn1C. The summed E-state index contributed by atoms with van der Waals surface area (Å²) in [6, 6.07) is 14.0. The van der Waals surface area contributed by atoms with E-state index in [-0.39, 0.29) is 22.8 Å². The molecule has 0 radical (unpaired) electrons. The number of nitrogens with one attached hydrogen (secondary N) is 1. The highest BCUT2D eigenvalue weighted by Crippen LogP contribution is 2.26. The molecule has 5 aromatic rings. The van der Waals surface area contributed by atoms with Crippen molar-refractivity contribution in [2.75, 3.05) is 5.73 Å². The Bertz CT molecular complexity index is 1820. The molecule has 0 aliphatic heterocycles. The third-order valence-electron chi connectivity index (χ3n) is 6.16. The minimum atomic E-state index is -0.683. The Labute approximate surface area is 233 Å². The fraction of sp³-hybridized carbons (Fsp3) is 0.103. The summed E-state index contributed by atoms with van der Waals surface area (Å²) in [5.41, 5.74) is 9.53. The molecule has 0 spiro atoms. The van der Waals surface area contributed by atoms with Gasteiger partial charge in [-0.25, -0.2) is 14.7 Å². The van der Waals surface area contributed by atoms with Crippen LogP contribution in [0.5, 0.6) is 0 Å². The van der Waals surface area contributed by atoms with Crippen LogP contribution in [0.2, 0.25) is 0 Å². The molecule has 11 heteroatoms. The van der Waals surface area contributed by atoms with E-state index in [9.17, 15) is 9.59 Å². The highest BCUT2D eigenvalue weighted by molar-refractivity contribution is 7.10. The number of thiazole rings is 1. The minimum absolute atomic E-state index is 0.0349. The van der Waals surface area contributed by atoms with Gasteiger partial charge in [-0.05, 0) is 36.8 Å². The number of aromatic nitrogens is 5.